The van der Waals surface area contributed by atoms with E-state index in [1.165, 1.54) is 18.4 Å². The maximum Gasteiger partial charge on any atom is 0.253 e. The van der Waals surface area contributed by atoms with Gasteiger partial charge in [0.25, 0.3) is 5.91 Å². The lowest BCUT2D eigenvalue weighted by Gasteiger charge is -2.48. The van der Waals surface area contributed by atoms with E-state index in [9.17, 15) is 4.79 Å². The van der Waals surface area contributed by atoms with Crippen LogP contribution in [0.15, 0.2) is 24.3 Å². The third-order valence-electron chi connectivity index (χ3n) is 4.52. The Bertz CT molecular complexity index is 501. The van der Waals surface area contributed by atoms with E-state index in [0.717, 1.165) is 31.7 Å². The van der Waals surface area contributed by atoms with Gasteiger partial charge in [-0.15, -0.1) is 0 Å². The molecule has 1 aromatic rings. The van der Waals surface area contributed by atoms with E-state index < -0.39 is 0 Å². The molecule has 20 heavy (non-hydrogen) atoms. The van der Waals surface area contributed by atoms with Gasteiger partial charge < -0.3 is 9.64 Å². The van der Waals surface area contributed by atoms with Gasteiger partial charge in [-0.2, -0.15) is 0 Å². The predicted octanol–water partition coefficient (Wildman–Crippen LogP) is 3.06. The molecule has 3 heteroatoms. The topological polar surface area (TPSA) is 29.5 Å². The fourth-order valence-corrected chi connectivity index (χ4v) is 3.05. The zero-order chi connectivity index (χ0) is 14.2. The van der Waals surface area contributed by atoms with Gasteiger partial charge in [-0.25, -0.2) is 0 Å². The Kier molecular flexibility index (Phi) is 3.55. The van der Waals surface area contributed by atoms with Gasteiger partial charge in [-0.3, -0.25) is 4.79 Å². The van der Waals surface area contributed by atoms with Gasteiger partial charge in [0.05, 0.1) is 0 Å². The summed E-state index contributed by atoms with van der Waals surface area (Å²) in [7, 11) is 1.73. The van der Waals surface area contributed by atoms with Gasteiger partial charge in [0.15, 0.2) is 0 Å². The van der Waals surface area contributed by atoms with Crippen LogP contribution in [0.5, 0.6) is 0 Å². The highest BCUT2D eigenvalue weighted by atomic mass is 16.5. The number of hydrogen-bond acceptors (Lipinski definition) is 2. The quantitative estimate of drug-likeness (QED) is 0.825. The van der Waals surface area contributed by atoms with Crippen LogP contribution in [-0.2, 0) is 4.74 Å². The molecule has 1 aliphatic heterocycles. The number of carbonyl (C=O) groups is 1. The van der Waals surface area contributed by atoms with Crippen molar-refractivity contribution >= 4 is 5.91 Å². The molecular weight excluding hydrogens is 250 g/mol. The van der Waals surface area contributed by atoms with Gasteiger partial charge >= 0.3 is 0 Å². The van der Waals surface area contributed by atoms with E-state index in [1.54, 1.807) is 7.11 Å². The summed E-state index contributed by atoms with van der Waals surface area (Å²) in [4.78, 5) is 14.4. The van der Waals surface area contributed by atoms with Crippen molar-refractivity contribution in [3.05, 3.63) is 35.4 Å². The summed E-state index contributed by atoms with van der Waals surface area (Å²) >= 11 is 0. The van der Waals surface area contributed by atoms with Crippen LogP contribution in [-0.4, -0.2) is 37.6 Å². The Morgan fingerprint density at radius 1 is 1.40 bits per heavy atom. The van der Waals surface area contributed by atoms with Crippen molar-refractivity contribution in [3.8, 4) is 0 Å². The SMILES string of the molecule is COCCC1(C)CN(C(=O)c2cccc(C3CC3)c2)C1. The van der Waals surface area contributed by atoms with E-state index in [4.69, 9.17) is 4.74 Å². The number of hydrogen-bond donors (Lipinski definition) is 0. The lowest BCUT2D eigenvalue weighted by Crippen LogP contribution is -2.57. The molecule has 1 aliphatic carbocycles. The van der Waals surface area contributed by atoms with E-state index in [1.807, 2.05) is 17.0 Å². The Labute approximate surface area is 120 Å². The van der Waals surface area contributed by atoms with Crippen LogP contribution in [0.4, 0.5) is 0 Å². The Morgan fingerprint density at radius 2 is 2.15 bits per heavy atom. The van der Waals surface area contributed by atoms with E-state index in [2.05, 4.69) is 19.1 Å². The van der Waals surface area contributed by atoms with Crippen molar-refractivity contribution in [3.63, 3.8) is 0 Å². The van der Waals surface area contributed by atoms with Crippen LogP contribution in [0, 0.1) is 5.41 Å². The average Bonchev–Trinajstić information content (AvgIpc) is 3.26. The van der Waals surface area contributed by atoms with Crippen molar-refractivity contribution < 1.29 is 9.53 Å². The molecule has 0 radical (unpaired) electrons. The summed E-state index contributed by atoms with van der Waals surface area (Å²) in [5, 5.41) is 0. The second-order valence-corrected chi connectivity index (χ2v) is 6.61. The van der Waals surface area contributed by atoms with E-state index >= 15 is 0 Å². The van der Waals surface area contributed by atoms with E-state index in [-0.39, 0.29) is 11.3 Å². The maximum absolute atomic E-state index is 12.5. The number of ether oxygens (including phenoxy) is 1. The van der Waals surface area contributed by atoms with Crippen molar-refractivity contribution in [2.24, 2.45) is 5.41 Å². The minimum Gasteiger partial charge on any atom is -0.385 e. The minimum atomic E-state index is 0.183. The summed E-state index contributed by atoms with van der Waals surface area (Å²) in [5.74, 6) is 0.883. The standard InChI is InChI=1S/C17H23NO2/c1-17(8-9-20-2)11-18(12-17)16(19)15-5-3-4-14(10-15)13-6-7-13/h3-5,10,13H,6-9,11-12H2,1-2H3. The number of nitrogens with zero attached hydrogens (tertiary/aromatic N) is 1. The first-order valence-corrected chi connectivity index (χ1v) is 7.49. The number of methoxy groups -OCH3 is 1. The van der Waals surface area contributed by atoms with Gasteiger partial charge in [0.1, 0.15) is 0 Å². The van der Waals surface area contributed by atoms with Crippen LogP contribution in [0.2, 0.25) is 0 Å². The van der Waals surface area contributed by atoms with Gasteiger partial charge in [-0.1, -0.05) is 19.1 Å². The predicted molar refractivity (Wildman–Crippen MR) is 78.9 cm³/mol. The molecule has 2 fully saturated rings. The zero-order valence-electron chi connectivity index (χ0n) is 12.4. The molecule has 2 aliphatic rings. The molecule has 0 spiro atoms. The highest BCUT2D eigenvalue weighted by Crippen LogP contribution is 2.40. The summed E-state index contributed by atoms with van der Waals surface area (Å²) in [6.07, 6.45) is 3.57. The number of benzene rings is 1. The van der Waals surface area contributed by atoms with Crippen LogP contribution in [0.25, 0.3) is 0 Å². The monoisotopic (exact) mass is 273 g/mol. The number of amides is 1. The van der Waals surface area contributed by atoms with Crippen molar-refractivity contribution in [2.45, 2.75) is 32.1 Å². The highest BCUT2D eigenvalue weighted by Gasteiger charge is 2.41. The second kappa shape index (κ2) is 5.21. The number of rotatable bonds is 5. The fourth-order valence-electron chi connectivity index (χ4n) is 3.05. The van der Waals surface area contributed by atoms with Crippen LogP contribution < -0.4 is 0 Å². The molecular formula is C17H23NO2. The Hall–Kier alpha value is -1.35. The molecule has 0 bridgehead atoms. The zero-order valence-corrected chi connectivity index (χ0v) is 12.4. The first kappa shape index (κ1) is 13.6. The van der Waals surface area contributed by atoms with E-state index in [0.29, 0.717) is 5.92 Å². The lowest BCUT2D eigenvalue weighted by molar-refractivity contribution is -0.000923. The second-order valence-electron chi connectivity index (χ2n) is 6.61. The summed E-state index contributed by atoms with van der Waals surface area (Å²) in [5.41, 5.74) is 2.42. The highest BCUT2D eigenvalue weighted by molar-refractivity contribution is 5.95. The van der Waals surface area contributed by atoms with Crippen molar-refractivity contribution in [1.29, 1.82) is 0 Å². The largest absolute Gasteiger partial charge is 0.385 e. The molecule has 3 rings (SSSR count). The molecule has 0 aromatic heterocycles. The molecule has 1 saturated heterocycles. The van der Waals surface area contributed by atoms with Crippen LogP contribution in [0.3, 0.4) is 0 Å². The average molecular weight is 273 g/mol. The van der Waals surface area contributed by atoms with Gasteiger partial charge in [0.2, 0.25) is 0 Å². The smallest absolute Gasteiger partial charge is 0.253 e. The molecule has 108 valence electrons. The third-order valence-corrected chi connectivity index (χ3v) is 4.52. The number of likely N-dealkylation sites (tertiary alicyclic amines) is 1. The normalized spacial score (nSPS) is 20.6. The minimum absolute atomic E-state index is 0.183. The first-order chi connectivity index (χ1) is 9.61. The summed E-state index contributed by atoms with van der Waals surface area (Å²) < 4.78 is 5.14. The van der Waals surface area contributed by atoms with Crippen molar-refractivity contribution in [1.82, 2.24) is 4.90 Å². The maximum atomic E-state index is 12.5. The molecule has 0 atom stereocenters. The lowest BCUT2D eigenvalue weighted by atomic mass is 9.79. The molecule has 1 aromatic carbocycles. The first-order valence-electron chi connectivity index (χ1n) is 7.49. The van der Waals surface area contributed by atoms with Gasteiger partial charge in [0, 0.05) is 37.8 Å². The van der Waals surface area contributed by atoms with Crippen LogP contribution in [0.1, 0.15) is 48.0 Å². The van der Waals surface area contributed by atoms with Gasteiger partial charge in [-0.05, 0) is 42.9 Å². The molecule has 1 heterocycles. The van der Waals surface area contributed by atoms with Crippen molar-refractivity contribution in [2.75, 3.05) is 26.8 Å². The molecule has 0 N–H and O–H groups in total. The molecule has 1 saturated carbocycles. The number of carbonyl (C=O) groups excluding carboxylic acids is 1. The molecule has 1 amide bonds. The van der Waals surface area contributed by atoms with Crippen LogP contribution >= 0.6 is 0 Å². The Morgan fingerprint density at radius 3 is 2.80 bits per heavy atom. The summed E-state index contributed by atoms with van der Waals surface area (Å²) in [6, 6.07) is 8.20. The third kappa shape index (κ3) is 2.73. The Balaban J connectivity index is 1.61. The molecule has 0 unspecified atom stereocenters. The summed E-state index contributed by atoms with van der Waals surface area (Å²) in [6.45, 7) is 4.71. The fraction of sp³-hybridized carbons (Fsp3) is 0.588. The molecule has 3 nitrogen and oxygen atoms in total.